The van der Waals surface area contributed by atoms with Crippen LogP contribution in [0.3, 0.4) is 0 Å². The smallest absolute Gasteiger partial charge is 0.0842 e. The molecule has 0 radical (unpaired) electrons. The molecule has 0 amide bonds. The molecule has 0 aromatic heterocycles. The second-order valence-electron chi connectivity index (χ2n) is 5.90. The van der Waals surface area contributed by atoms with Crippen molar-refractivity contribution < 1.29 is 24.4 Å². The lowest BCUT2D eigenvalue weighted by atomic mass is 10.0. The summed E-state index contributed by atoms with van der Waals surface area (Å²) in [6.07, 6.45) is 6.40. The second kappa shape index (κ2) is 6.06. The highest BCUT2D eigenvalue weighted by Crippen LogP contribution is 2.35. The Hall–Kier alpha value is -0.200. The molecule has 3 rings (SSSR count). The van der Waals surface area contributed by atoms with Crippen LogP contribution in [-0.2, 0) is 14.2 Å². The van der Waals surface area contributed by atoms with E-state index >= 15 is 0 Å². The third-order valence-electron chi connectivity index (χ3n) is 4.60. The van der Waals surface area contributed by atoms with E-state index in [1.165, 1.54) is 0 Å². The molecule has 0 aromatic carbocycles. The summed E-state index contributed by atoms with van der Waals surface area (Å²) in [5.74, 6) is 0. The van der Waals surface area contributed by atoms with Gasteiger partial charge in [-0.05, 0) is 38.5 Å². The Kier molecular flexibility index (Phi) is 4.39. The number of aliphatic hydroxyl groups excluding tert-OH is 2. The molecule has 0 saturated carbocycles. The fourth-order valence-electron chi connectivity index (χ4n) is 3.52. The molecule has 0 bridgehead atoms. The van der Waals surface area contributed by atoms with Crippen LogP contribution in [0.15, 0.2) is 0 Å². The molecule has 3 aliphatic heterocycles. The van der Waals surface area contributed by atoms with Crippen LogP contribution in [0, 0.1) is 0 Å². The van der Waals surface area contributed by atoms with Gasteiger partial charge in [-0.2, -0.15) is 0 Å². The number of hydrogen-bond acceptors (Lipinski definition) is 5. The van der Waals surface area contributed by atoms with E-state index in [9.17, 15) is 0 Å². The summed E-state index contributed by atoms with van der Waals surface area (Å²) < 4.78 is 17.7. The van der Waals surface area contributed by atoms with Crippen molar-refractivity contribution in [2.45, 2.75) is 75.1 Å². The minimum atomic E-state index is -0.00542. The van der Waals surface area contributed by atoms with Crippen molar-refractivity contribution in [2.24, 2.45) is 0 Å². The van der Waals surface area contributed by atoms with Crippen LogP contribution in [0.25, 0.3) is 0 Å². The summed E-state index contributed by atoms with van der Waals surface area (Å²) in [5.41, 5.74) is 0. The lowest BCUT2D eigenvalue weighted by molar-refractivity contribution is -0.111. The first kappa shape index (κ1) is 13.8. The highest BCUT2D eigenvalue weighted by Gasteiger charge is 2.41. The molecule has 3 fully saturated rings. The quantitative estimate of drug-likeness (QED) is 0.785. The zero-order valence-corrected chi connectivity index (χ0v) is 11.2. The normalized spacial score (nSPS) is 47.1. The van der Waals surface area contributed by atoms with E-state index in [4.69, 9.17) is 24.4 Å². The van der Waals surface area contributed by atoms with Gasteiger partial charge in [0.05, 0.1) is 49.8 Å². The maximum absolute atomic E-state index is 9.10. The summed E-state index contributed by atoms with van der Waals surface area (Å²) in [7, 11) is 0. The Bertz CT molecular complexity index is 270. The average molecular weight is 272 g/mol. The average Bonchev–Trinajstić information content (AvgIpc) is 3.16. The van der Waals surface area contributed by atoms with Gasteiger partial charge >= 0.3 is 0 Å². The molecule has 0 spiro atoms. The predicted octanol–water partition coefficient (Wildman–Crippen LogP) is 0.614. The van der Waals surface area contributed by atoms with Gasteiger partial charge in [-0.15, -0.1) is 0 Å². The van der Waals surface area contributed by atoms with E-state index in [1.54, 1.807) is 0 Å². The van der Waals surface area contributed by atoms with Gasteiger partial charge < -0.3 is 24.4 Å². The van der Waals surface area contributed by atoms with Crippen LogP contribution in [0.4, 0.5) is 0 Å². The Morgan fingerprint density at radius 3 is 1.32 bits per heavy atom. The molecular formula is C14H24O5. The van der Waals surface area contributed by atoms with Gasteiger partial charge in [0.1, 0.15) is 0 Å². The van der Waals surface area contributed by atoms with Gasteiger partial charge in [0.15, 0.2) is 0 Å². The molecule has 3 aliphatic rings. The van der Waals surface area contributed by atoms with Crippen LogP contribution in [0.1, 0.15) is 38.5 Å². The lowest BCUT2D eigenvalue weighted by Crippen LogP contribution is -2.32. The molecule has 5 heteroatoms. The molecule has 6 atom stereocenters. The molecule has 110 valence electrons. The van der Waals surface area contributed by atoms with E-state index in [2.05, 4.69) is 0 Å². The predicted molar refractivity (Wildman–Crippen MR) is 67.9 cm³/mol. The summed E-state index contributed by atoms with van der Waals surface area (Å²) >= 11 is 0. The molecule has 0 unspecified atom stereocenters. The highest BCUT2D eigenvalue weighted by molar-refractivity contribution is 4.90. The van der Waals surface area contributed by atoms with Crippen LogP contribution in [0.5, 0.6) is 0 Å². The first-order valence-corrected chi connectivity index (χ1v) is 7.48. The molecule has 3 saturated heterocycles. The molecule has 5 nitrogen and oxygen atoms in total. The Balaban J connectivity index is 1.48. The number of hydrogen-bond donors (Lipinski definition) is 2. The molecule has 0 aromatic rings. The van der Waals surface area contributed by atoms with Crippen molar-refractivity contribution in [3.63, 3.8) is 0 Å². The Morgan fingerprint density at radius 1 is 0.579 bits per heavy atom. The topological polar surface area (TPSA) is 68.2 Å². The van der Waals surface area contributed by atoms with Crippen molar-refractivity contribution in [2.75, 3.05) is 13.2 Å². The highest BCUT2D eigenvalue weighted by atomic mass is 16.6. The summed E-state index contributed by atoms with van der Waals surface area (Å²) in [6.45, 7) is 0.215. The van der Waals surface area contributed by atoms with Crippen LogP contribution >= 0.6 is 0 Å². The summed E-state index contributed by atoms with van der Waals surface area (Å²) in [5, 5.41) is 18.2. The van der Waals surface area contributed by atoms with E-state index in [1.807, 2.05) is 0 Å². The molecule has 3 heterocycles. The maximum atomic E-state index is 9.10. The van der Waals surface area contributed by atoms with Gasteiger partial charge in [0.25, 0.3) is 0 Å². The molecule has 2 N–H and O–H groups in total. The van der Waals surface area contributed by atoms with E-state index in [0.717, 1.165) is 38.5 Å². The van der Waals surface area contributed by atoms with Crippen LogP contribution in [-0.4, -0.2) is 60.1 Å². The second-order valence-corrected chi connectivity index (χ2v) is 5.90. The summed E-state index contributed by atoms with van der Waals surface area (Å²) in [6, 6.07) is 0. The van der Waals surface area contributed by atoms with E-state index in [0.29, 0.717) is 0 Å². The fraction of sp³-hybridized carbons (Fsp3) is 1.00. The van der Waals surface area contributed by atoms with Gasteiger partial charge in [-0.3, -0.25) is 0 Å². The first-order valence-electron chi connectivity index (χ1n) is 7.48. The maximum Gasteiger partial charge on any atom is 0.0842 e. The van der Waals surface area contributed by atoms with Crippen molar-refractivity contribution in [1.29, 1.82) is 0 Å². The van der Waals surface area contributed by atoms with Gasteiger partial charge in [-0.25, -0.2) is 0 Å². The van der Waals surface area contributed by atoms with Gasteiger partial charge in [0, 0.05) is 0 Å². The Labute approximate surface area is 113 Å². The van der Waals surface area contributed by atoms with Gasteiger partial charge in [-0.1, -0.05) is 0 Å². The first-order chi connectivity index (χ1) is 9.30. The minimum absolute atomic E-state index is 0.00542. The zero-order valence-electron chi connectivity index (χ0n) is 11.2. The number of rotatable bonds is 4. The third kappa shape index (κ3) is 2.95. The molecule has 0 aliphatic carbocycles. The third-order valence-corrected chi connectivity index (χ3v) is 4.60. The lowest BCUT2D eigenvalue weighted by Gasteiger charge is -2.23. The summed E-state index contributed by atoms with van der Waals surface area (Å²) in [4.78, 5) is 0. The van der Waals surface area contributed by atoms with Crippen molar-refractivity contribution >= 4 is 0 Å². The van der Waals surface area contributed by atoms with Crippen molar-refractivity contribution in [3.05, 3.63) is 0 Å². The minimum Gasteiger partial charge on any atom is -0.394 e. The Morgan fingerprint density at radius 2 is 0.947 bits per heavy atom. The van der Waals surface area contributed by atoms with Crippen molar-refractivity contribution in [1.82, 2.24) is 0 Å². The molecular weight excluding hydrogens is 248 g/mol. The number of aliphatic hydroxyl groups is 2. The fourth-order valence-corrected chi connectivity index (χ4v) is 3.52. The van der Waals surface area contributed by atoms with Crippen molar-refractivity contribution in [3.8, 4) is 0 Å². The molecule has 19 heavy (non-hydrogen) atoms. The van der Waals surface area contributed by atoms with Crippen LogP contribution in [0.2, 0.25) is 0 Å². The monoisotopic (exact) mass is 272 g/mol. The zero-order chi connectivity index (χ0) is 13.2. The van der Waals surface area contributed by atoms with Crippen LogP contribution < -0.4 is 0 Å². The van der Waals surface area contributed by atoms with E-state index in [-0.39, 0.29) is 49.8 Å². The van der Waals surface area contributed by atoms with Gasteiger partial charge in [0.2, 0.25) is 0 Å². The largest absolute Gasteiger partial charge is 0.394 e. The number of ether oxygens (including phenoxy) is 3. The van der Waals surface area contributed by atoms with E-state index < -0.39 is 0 Å². The standard InChI is InChI=1S/C14H24O5/c15-7-9-1-3-11(17-9)13-5-6-14(19-13)12-4-2-10(8-16)18-12/h9-16H,1-8H2/t9-,10-,11-,12-,13-,14-/m0/s1. The SMILES string of the molecule is OC[C@@H]1CC[C@@H]([C@@H]2CC[C@@H]([C@@H]3CC[C@@H](CO)O3)O2)O1.